The minimum absolute atomic E-state index is 0.0985. The first-order valence-electron chi connectivity index (χ1n) is 7.98. The van der Waals surface area contributed by atoms with Crippen LogP contribution in [-0.4, -0.2) is 35.4 Å². The Balaban J connectivity index is 1.92. The summed E-state index contributed by atoms with van der Waals surface area (Å²) < 4.78 is 110. The van der Waals surface area contributed by atoms with E-state index in [1.807, 2.05) is 0 Å². The number of sulfone groups is 1. The van der Waals surface area contributed by atoms with Gasteiger partial charge in [0.2, 0.25) is 0 Å². The van der Waals surface area contributed by atoms with Crippen molar-refractivity contribution in [3.63, 3.8) is 0 Å². The summed E-state index contributed by atoms with van der Waals surface area (Å²) in [6.07, 6.45) is -0.207. The Kier molecular flexibility index (Phi) is 4.22. The zero-order valence-corrected chi connectivity index (χ0v) is 15.2. The Bertz CT molecular complexity index is 1270. The summed E-state index contributed by atoms with van der Waals surface area (Å²) in [5.41, 5.74) is -7.54. The fourth-order valence-electron chi connectivity index (χ4n) is 3.07. The molecule has 4 rings (SSSR count). The Hall–Kier alpha value is -3.00. The molecule has 0 unspecified atom stereocenters. The van der Waals surface area contributed by atoms with Gasteiger partial charge in [0.15, 0.2) is 11.6 Å². The number of hydroxylamine groups is 1. The Morgan fingerprint density at radius 3 is 2.57 bits per heavy atom. The molecule has 0 radical (unpaired) electrons. The number of alkyl halides is 5. The third-order valence-electron chi connectivity index (χ3n) is 4.45. The lowest BCUT2D eigenvalue weighted by molar-refractivity contribution is -0.0618. The molecule has 0 saturated carbocycles. The lowest BCUT2D eigenvalue weighted by Gasteiger charge is -2.21. The topological polar surface area (TPSA) is 95.5 Å². The van der Waals surface area contributed by atoms with Crippen LogP contribution in [-0.2, 0) is 16.3 Å². The molecule has 3 aromatic rings. The molecule has 0 aliphatic carbocycles. The quantitative estimate of drug-likeness (QED) is 0.458. The average molecular weight is 453 g/mol. The average Bonchev–Trinajstić information content (AvgIpc) is 3.20. The van der Waals surface area contributed by atoms with Crippen molar-refractivity contribution in [1.82, 2.24) is 10.2 Å². The first kappa shape index (κ1) is 20.3. The predicted octanol–water partition coefficient (Wildman–Crippen LogP) is 4.13. The van der Waals surface area contributed by atoms with Gasteiger partial charge in [-0.2, -0.15) is 32.1 Å². The van der Waals surface area contributed by atoms with E-state index in [1.54, 1.807) is 0 Å². The Morgan fingerprint density at radius 2 is 1.90 bits per heavy atom. The van der Waals surface area contributed by atoms with Crippen LogP contribution in [0.5, 0.6) is 11.5 Å². The molecule has 0 bridgehead atoms. The van der Waals surface area contributed by atoms with E-state index in [0.29, 0.717) is 17.6 Å². The number of anilines is 1. The molecule has 2 heterocycles. The summed E-state index contributed by atoms with van der Waals surface area (Å²) in [5.74, 6) is -1.97. The van der Waals surface area contributed by atoms with Gasteiger partial charge in [0, 0.05) is 5.56 Å². The van der Waals surface area contributed by atoms with Gasteiger partial charge < -0.3 is 4.74 Å². The largest absolute Gasteiger partial charge is 0.501 e. The van der Waals surface area contributed by atoms with E-state index in [4.69, 9.17) is 4.74 Å². The molecular formula is C16H9F6N3O4S. The second kappa shape index (κ2) is 6.25. The van der Waals surface area contributed by atoms with Crippen molar-refractivity contribution >= 4 is 26.4 Å². The van der Waals surface area contributed by atoms with Gasteiger partial charge in [-0.1, -0.05) is 0 Å². The van der Waals surface area contributed by atoms with Crippen molar-refractivity contribution in [3.8, 4) is 11.5 Å². The van der Waals surface area contributed by atoms with Gasteiger partial charge in [0.25, 0.3) is 9.84 Å². The summed E-state index contributed by atoms with van der Waals surface area (Å²) >= 11 is 0. The molecule has 1 aliphatic heterocycles. The predicted molar refractivity (Wildman–Crippen MR) is 88.7 cm³/mol. The number of aromatic amines is 1. The second-order valence-electron chi connectivity index (χ2n) is 6.30. The van der Waals surface area contributed by atoms with Crippen molar-refractivity contribution < 1.29 is 44.7 Å². The van der Waals surface area contributed by atoms with Crippen LogP contribution in [0.4, 0.5) is 32.0 Å². The maximum atomic E-state index is 14.3. The summed E-state index contributed by atoms with van der Waals surface area (Å²) in [5, 5.41) is 15.2. The van der Waals surface area contributed by atoms with Crippen molar-refractivity contribution in [2.45, 2.75) is 22.9 Å². The fourth-order valence-corrected chi connectivity index (χ4v) is 4.03. The molecule has 0 spiro atoms. The van der Waals surface area contributed by atoms with E-state index < -0.39 is 66.3 Å². The summed E-state index contributed by atoms with van der Waals surface area (Å²) in [7, 11) is -6.09. The molecular weight excluding hydrogens is 444 g/mol. The van der Waals surface area contributed by atoms with Crippen LogP contribution >= 0.6 is 0 Å². The molecule has 0 fully saturated rings. The number of nitrogens with zero attached hydrogens (tertiary/aromatic N) is 2. The van der Waals surface area contributed by atoms with Crippen LogP contribution in [0.25, 0.3) is 10.9 Å². The number of hydrogen-bond acceptors (Lipinski definition) is 6. The zero-order chi connectivity index (χ0) is 22.1. The third-order valence-corrected chi connectivity index (χ3v) is 5.96. The smallest absolute Gasteiger partial charge is 0.453 e. The molecule has 2 N–H and O–H groups in total. The SMILES string of the molecule is O=S(=O)(c1ccc(Oc2c(F)ccc3[nH]ncc23)c2c1N(O)C(F)(F)C2)C(F)(F)F. The normalized spacial score (nSPS) is 16.2. The van der Waals surface area contributed by atoms with E-state index >= 15 is 0 Å². The van der Waals surface area contributed by atoms with Crippen molar-refractivity contribution in [2.24, 2.45) is 0 Å². The third kappa shape index (κ3) is 2.86. The molecule has 7 nitrogen and oxygen atoms in total. The monoisotopic (exact) mass is 453 g/mol. The van der Waals surface area contributed by atoms with Crippen LogP contribution in [0, 0.1) is 5.82 Å². The van der Waals surface area contributed by atoms with Crippen molar-refractivity contribution in [2.75, 3.05) is 5.06 Å². The number of benzene rings is 2. The number of nitrogens with one attached hydrogen (secondary N) is 1. The lowest BCUT2D eigenvalue weighted by Crippen LogP contribution is -2.36. The van der Waals surface area contributed by atoms with Crippen molar-refractivity contribution in [3.05, 3.63) is 41.8 Å². The number of fused-ring (bicyclic) bond motifs is 2. The highest BCUT2D eigenvalue weighted by Gasteiger charge is 2.54. The second-order valence-corrected chi connectivity index (χ2v) is 8.21. The molecule has 2 aromatic carbocycles. The van der Waals surface area contributed by atoms with Crippen LogP contribution in [0.2, 0.25) is 0 Å². The lowest BCUT2D eigenvalue weighted by atomic mass is 10.1. The van der Waals surface area contributed by atoms with Crippen LogP contribution in [0.1, 0.15) is 5.56 Å². The highest BCUT2D eigenvalue weighted by Crippen LogP contribution is 2.50. The summed E-state index contributed by atoms with van der Waals surface area (Å²) in [6.45, 7) is 0. The molecule has 0 amide bonds. The van der Waals surface area contributed by atoms with Crippen LogP contribution in [0.3, 0.4) is 0 Å². The molecule has 14 heteroatoms. The van der Waals surface area contributed by atoms with Gasteiger partial charge in [-0.05, 0) is 24.3 Å². The fraction of sp³-hybridized carbons (Fsp3) is 0.188. The summed E-state index contributed by atoms with van der Waals surface area (Å²) in [6, 6.07) is -0.791. The minimum atomic E-state index is -6.09. The van der Waals surface area contributed by atoms with Gasteiger partial charge in [0.05, 0.1) is 29.2 Å². The van der Waals surface area contributed by atoms with E-state index in [1.165, 1.54) is 12.3 Å². The van der Waals surface area contributed by atoms with E-state index in [-0.39, 0.29) is 5.39 Å². The highest BCUT2D eigenvalue weighted by molar-refractivity contribution is 7.92. The van der Waals surface area contributed by atoms with Gasteiger partial charge in [-0.15, -0.1) is 0 Å². The summed E-state index contributed by atoms with van der Waals surface area (Å²) in [4.78, 5) is -1.58. The van der Waals surface area contributed by atoms with E-state index in [9.17, 15) is 40.0 Å². The maximum absolute atomic E-state index is 14.3. The number of H-pyrrole nitrogens is 1. The molecule has 30 heavy (non-hydrogen) atoms. The van der Waals surface area contributed by atoms with E-state index in [0.717, 1.165) is 6.07 Å². The van der Waals surface area contributed by atoms with Crippen LogP contribution in [0.15, 0.2) is 35.4 Å². The molecule has 1 aromatic heterocycles. The highest BCUT2D eigenvalue weighted by atomic mass is 32.2. The van der Waals surface area contributed by atoms with Gasteiger partial charge in [0.1, 0.15) is 10.6 Å². The minimum Gasteiger partial charge on any atom is -0.453 e. The number of hydrogen-bond donors (Lipinski definition) is 2. The first-order chi connectivity index (χ1) is 13.8. The maximum Gasteiger partial charge on any atom is 0.501 e. The zero-order valence-electron chi connectivity index (χ0n) is 14.3. The van der Waals surface area contributed by atoms with Gasteiger partial charge >= 0.3 is 11.6 Å². The Morgan fingerprint density at radius 1 is 1.20 bits per heavy atom. The number of ether oxygens (including phenoxy) is 1. The first-order valence-corrected chi connectivity index (χ1v) is 9.46. The number of rotatable bonds is 3. The van der Waals surface area contributed by atoms with E-state index in [2.05, 4.69) is 10.2 Å². The van der Waals surface area contributed by atoms with Crippen molar-refractivity contribution in [1.29, 1.82) is 0 Å². The molecule has 0 atom stereocenters. The van der Waals surface area contributed by atoms with Gasteiger partial charge in [-0.25, -0.2) is 12.8 Å². The molecule has 160 valence electrons. The molecule has 1 aliphatic rings. The van der Waals surface area contributed by atoms with Crippen LogP contribution < -0.4 is 9.80 Å². The van der Waals surface area contributed by atoms with Gasteiger partial charge in [-0.3, -0.25) is 10.3 Å². The number of halogens is 6. The molecule has 0 saturated heterocycles. The standard InChI is InChI=1S/C16H9F6N3O4S/c17-9-1-2-10-8(6-23-24-10)14(9)29-11-3-4-12(30(27,28)16(20,21)22)13-7(11)5-15(18,19)25(13)26/h1-4,6,26H,5H2,(H,23,24). The Labute approximate surface area is 163 Å². The number of aromatic nitrogens is 2.